The summed E-state index contributed by atoms with van der Waals surface area (Å²) in [5.41, 5.74) is 0. The Bertz CT molecular complexity index is 180. The standard InChI is InChI=1S/C7H14O6/c1-12-2-3-4(8)5(9)6(10)7(11)13-3/h3-11H,2H2,1H3/t3-,4+,5+,6-,7?/m1/s1/i1D. The third-order valence-corrected chi connectivity index (χ3v) is 1.97. The first-order valence-corrected chi connectivity index (χ1v) is 3.82. The molecule has 0 saturated carbocycles. The zero-order chi connectivity index (χ0) is 10.7. The fraction of sp³-hybridized carbons (Fsp3) is 1.00. The van der Waals surface area contributed by atoms with E-state index in [1.54, 1.807) is 0 Å². The molecule has 0 aliphatic carbocycles. The highest BCUT2D eigenvalue weighted by molar-refractivity contribution is 4.88. The van der Waals surface area contributed by atoms with Crippen LogP contribution in [-0.4, -0.2) is 64.8 Å². The van der Waals surface area contributed by atoms with Crippen LogP contribution >= 0.6 is 0 Å². The number of rotatable bonds is 2. The predicted molar refractivity (Wildman–Crippen MR) is 40.8 cm³/mol. The van der Waals surface area contributed by atoms with Crippen molar-refractivity contribution in [3.63, 3.8) is 0 Å². The Morgan fingerprint density at radius 1 is 1.23 bits per heavy atom. The molecule has 0 bridgehead atoms. The van der Waals surface area contributed by atoms with Crippen LogP contribution in [0, 0.1) is 0 Å². The highest BCUT2D eigenvalue weighted by Gasteiger charge is 2.42. The minimum Gasteiger partial charge on any atom is -0.387 e. The minimum absolute atomic E-state index is 0.120. The van der Waals surface area contributed by atoms with Gasteiger partial charge in [0.2, 0.25) is 0 Å². The van der Waals surface area contributed by atoms with Gasteiger partial charge in [0.05, 0.1) is 7.98 Å². The molecule has 1 aliphatic heterocycles. The fourth-order valence-corrected chi connectivity index (χ4v) is 1.18. The zero-order valence-corrected chi connectivity index (χ0v) is 6.91. The summed E-state index contributed by atoms with van der Waals surface area (Å²) in [4.78, 5) is 0. The second-order valence-electron chi connectivity index (χ2n) is 2.91. The monoisotopic (exact) mass is 195 g/mol. The molecule has 0 radical (unpaired) electrons. The predicted octanol–water partition coefficient (Wildman–Crippen LogP) is -2.57. The molecule has 1 fully saturated rings. The minimum atomic E-state index is -1.55. The van der Waals surface area contributed by atoms with Gasteiger partial charge in [0.15, 0.2) is 6.29 Å². The molecule has 6 heteroatoms. The van der Waals surface area contributed by atoms with Gasteiger partial charge in [-0.2, -0.15) is 0 Å². The Kier molecular flexibility index (Phi) is 3.09. The van der Waals surface area contributed by atoms with Crippen molar-refractivity contribution < 1.29 is 31.3 Å². The van der Waals surface area contributed by atoms with Crippen molar-refractivity contribution in [1.29, 1.82) is 0 Å². The summed E-state index contributed by atoms with van der Waals surface area (Å²) in [5, 5.41) is 36.8. The quantitative estimate of drug-likeness (QED) is 0.386. The van der Waals surface area contributed by atoms with Gasteiger partial charge in [0.1, 0.15) is 24.4 Å². The molecule has 1 saturated heterocycles. The molecule has 1 aliphatic rings. The molecule has 0 aromatic rings. The van der Waals surface area contributed by atoms with Crippen molar-refractivity contribution in [2.75, 3.05) is 13.7 Å². The third-order valence-electron chi connectivity index (χ3n) is 1.97. The lowest BCUT2D eigenvalue weighted by Crippen LogP contribution is -2.58. The molecular weight excluding hydrogens is 180 g/mol. The van der Waals surface area contributed by atoms with E-state index in [2.05, 4.69) is 4.74 Å². The summed E-state index contributed by atoms with van der Waals surface area (Å²) >= 11 is 0. The van der Waals surface area contributed by atoms with E-state index in [9.17, 15) is 10.2 Å². The van der Waals surface area contributed by atoms with Crippen LogP contribution in [0.15, 0.2) is 0 Å². The lowest BCUT2D eigenvalue weighted by molar-refractivity contribution is -0.287. The SMILES string of the molecule is [2H]COC[C@H]1OC(O)[C@H](O)[C@@H](O)[C@H]1O. The summed E-state index contributed by atoms with van der Waals surface area (Å²) in [6.45, 7) is -0.120. The average molecular weight is 195 g/mol. The van der Waals surface area contributed by atoms with Crippen molar-refractivity contribution in [3.8, 4) is 0 Å². The molecule has 0 spiro atoms. The largest absolute Gasteiger partial charge is 0.387 e. The van der Waals surface area contributed by atoms with Gasteiger partial charge in [-0.15, -0.1) is 0 Å². The fourth-order valence-electron chi connectivity index (χ4n) is 1.18. The van der Waals surface area contributed by atoms with Crippen molar-refractivity contribution in [1.82, 2.24) is 0 Å². The summed E-state index contributed by atoms with van der Waals surface area (Å²) in [5.74, 6) is 0. The van der Waals surface area contributed by atoms with E-state index in [1.807, 2.05) is 0 Å². The maximum absolute atomic E-state index is 9.36. The molecule has 6 nitrogen and oxygen atoms in total. The first-order chi connectivity index (χ1) is 6.57. The van der Waals surface area contributed by atoms with Gasteiger partial charge in [-0.3, -0.25) is 0 Å². The van der Waals surface area contributed by atoms with Crippen LogP contribution in [-0.2, 0) is 9.47 Å². The Morgan fingerprint density at radius 2 is 1.92 bits per heavy atom. The van der Waals surface area contributed by atoms with Crippen LogP contribution in [0.3, 0.4) is 0 Å². The Balaban J connectivity index is 2.52. The van der Waals surface area contributed by atoms with Crippen LogP contribution in [0.2, 0.25) is 0 Å². The number of methoxy groups -OCH3 is 1. The van der Waals surface area contributed by atoms with Crippen LogP contribution in [0.1, 0.15) is 1.37 Å². The first kappa shape index (κ1) is 9.32. The Labute approximate surface area is 76.7 Å². The second kappa shape index (κ2) is 4.32. The summed E-state index contributed by atoms with van der Waals surface area (Å²) in [6, 6.07) is 0. The number of hydrogen-bond acceptors (Lipinski definition) is 6. The molecule has 13 heavy (non-hydrogen) atoms. The van der Waals surface area contributed by atoms with Gasteiger partial charge in [-0.1, -0.05) is 0 Å². The van der Waals surface area contributed by atoms with Crippen LogP contribution in [0.4, 0.5) is 0 Å². The van der Waals surface area contributed by atoms with Crippen LogP contribution in [0.5, 0.6) is 0 Å². The van der Waals surface area contributed by atoms with E-state index in [0.29, 0.717) is 0 Å². The van der Waals surface area contributed by atoms with Crippen molar-refractivity contribution in [2.45, 2.75) is 30.7 Å². The van der Waals surface area contributed by atoms with Gasteiger partial charge < -0.3 is 29.9 Å². The molecule has 0 amide bonds. The molecule has 0 aromatic heterocycles. The molecule has 5 atom stereocenters. The van der Waals surface area contributed by atoms with E-state index < -0.39 is 30.7 Å². The number of ether oxygens (including phenoxy) is 2. The number of hydrogen-bond donors (Lipinski definition) is 4. The van der Waals surface area contributed by atoms with E-state index in [4.69, 9.17) is 16.3 Å². The van der Waals surface area contributed by atoms with Gasteiger partial charge in [0, 0.05) is 7.09 Å². The molecule has 1 heterocycles. The molecule has 78 valence electrons. The summed E-state index contributed by atoms with van der Waals surface area (Å²) < 4.78 is 16.1. The molecule has 4 N–H and O–H groups in total. The van der Waals surface area contributed by atoms with Gasteiger partial charge >= 0.3 is 0 Å². The molecule has 1 unspecified atom stereocenters. The zero-order valence-electron chi connectivity index (χ0n) is 7.91. The van der Waals surface area contributed by atoms with E-state index in [-0.39, 0.29) is 13.7 Å². The highest BCUT2D eigenvalue weighted by atomic mass is 16.6. The summed E-state index contributed by atoms with van der Waals surface area (Å²) in [7, 11) is -0.304. The Hall–Kier alpha value is -0.240. The maximum atomic E-state index is 9.36. The molecule has 1 rings (SSSR count). The second-order valence-corrected chi connectivity index (χ2v) is 2.91. The number of aliphatic hydroxyl groups excluding tert-OH is 4. The van der Waals surface area contributed by atoms with Gasteiger partial charge in [-0.25, -0.2) is 0 Å². The van der Waals surface area contributed by atoms with Gasteiger partial charge in [-0.05, 0) is 0 Å². The van der Waals surface area contributed by atoms with Crippen molar-refractivity contribution in [3.05, 3.63) is 0 Å². The average Bonchev–Trinajstić information content (AvgIpc) is 2.18. The Morgan fingerprint density at radius 3 is 2.54 bits per heavy atom. The topological polar surface area (TPSA) is 99.4 Å². The lowest BCUT2D eigenvalue weighted by atomic mass is 9.99. The van der Waals surface area contributed by atoms with E-state index >= 15 is 0 Å². The van der Waals surface area contributed by atoms with Crippen molar-refractivity contribution >= 4 is 0 Å². The number of aliphatic hydroxyl groups is 4. The van der Waals surface area contributed by atoms with Crippen LogP contribution < -0.4 is 0 Å². The normalized spacial score (nSPS) is 47.4. The van der Waals surface area contributed by atoms with E-state index in [0.717, 1.165) is 0 Å². The van der Waals surface area contributed by atoms with Crippen molar-refractivity contribution in [2.24, 2.45) is 0 Å². The molecule has 0 aromatic carbocycles. The molecular formula is C7H14O6. The van der Waals surface area contributed by atoms with Crippen LogP contribution in [0.25, 0.3) is 0 Å². The maximum Gasteiger partial charge on any atom is 0.184 e. The lowest BCUT2D eigenvalue weighted by Gasteiger charge is -2.37. The third kappa shape index (κ3) is 2.16. The van der Waals surface area contributed by atoms with E-state index in [1.165, 1.54) is 0 Å². The smallest absolute Gasteiger partial charge is 0.184 e. The summed E-state index contributed by atoms with van der Waals surface area (Å²) in [6.07, 6.45) is -6.82. The highest BCUT2D eigenvalue weighted by Crippen LogP contribution is 2.19. The van der Waals surface area contributed by atoms with Gasteiger partial charge in [0.25, 0.3) is 0 Å². The first-order valence-electron chi connectivity index (χ1n) is 4.53.